The van der Waals surface area contributed by atoms with Gasteiger partial charge in [-0.3, -0.25) is 14.4 Å². The van der Waals surface area contributed by atoms with Crippen LogP contribution < -0.4 is 10.8 Å². The number of thiazole rings is 1. The molecule has 0 aliphatic carbocycles. The predicted molar refractivity (Wildman–Crippen MR) is 99.7 cm³/mol. The lowest BCUT2D eigenvalue weighted by Gasteiger charge is -2.06. The molecule has 26 heavy (non-hydrogen) atoms. The second-order valence-corrected chi connectivity index (χ2v) is 6.16. The summed E-state index contributed by atoms with van der Waals surface area (Å²) >= 11 is 1.28. The molecule has 0 saturated carbocycles. The van der Waals surface area contributed by atoms with Crippen molar-refractivity contribution in [2.24, 2.45) is 0 Å². The number of rotatable bonds is 7. The SMILES string of the molecule is O=C(NOCCNC(=O)c1nc(-c2ccccc2)cs1)c1ccccc1. The van der Waals surface area contributed by atoms with Gasteiger partial charge in [-0.15, -0.1) is 11.3 Å². The van der Waals surface area contributed by atoms with E-state index in [9.17, 15) is 9.59 Å². The highest BCUT2D eigenvalue weighted by Crippen LogP contribution is 2.21. The van der Waals surface area contributed by atoms with Crippen LogP contribution in [0, 0.1) is 0 Å². The lowest BCUT2D eigenvalue weighted by atomic mass is 10.2. The van der Waals surface area contributed by atoms with Gasteiger partial charge in [0.2, 0.25) is 0 Å². The summed E-state index contributed by atoms with van der Waals surface area (Å²) < 4.78 is 0. The first-order valence-electron chi connectivity index (χ1n) is 8.00. The average Bonchev–Trinajstić information content (AvgIpc) is 3.19. The first-order chi connectivity index (χ1) is 12.7. The number of carbonyl (C=O) groups is 2. The molecule has 0 unspecified atom stereocenters. The maximum atomic E-state index is 12.1. The van der Waals surface area contributed by atoms with E-state index in [0.29, 0.717) is 10.6 Å². The second-order valence-electron chi connectivity index (χ2n) is 5.31. The van der Waals surface area contributed by atoms with Gasteiger partial charge in [-0.25, -0.2) is 10.5 Å². The first-order valence-corrected chi connectivity index (χ1v) is 8.88. The summed E-state index contributed by atoms with van der Waals surface area (Å²) in [5.74, 6) is -0.598. The Bertz CT molecular complexity index is 866. The van der Waals surface area contributed by atoms with Gasteiger partial charge in [0.1, 0.15) is 0 Å². The fraction of sp³-hybridized carbons (Fsp3) is 0.105. The molecule has 1 aromatic heterocycles. The Morgan fingerprint density at radius 1 is 0.962 bits per heavy atom. The van der Waals surface area contributed by atoms with E-state index in [2.05, 4.69) is 15.8 Å². The van der Waals surface area contributed by atoms with Crippen LogP contribution in [0.3, 0.4) is 0 Å². The monoisotopic (exact) mass is 367 g/mol. The third kappa shape index (κ3) is 4.75. The fourth-order valence-corrected chi connectivity index (χ4v) is 2.92. The molecule has 0 fully saturated rings. The van der Waals surface area contributed by atoms with Crippen molar-refractivity contribution in [2.45, 2.75) is 0 Å². The van der Waals surface area contributed by atoms with Crippen molar-refractivity contribution in [1.82, 2.24) is 15.8 Å². The molecule has 0 aliphatic heterocycles. The highest BCUT2D eigenvalue weighted by Gasteiger charge is 2.11. The Morgan fingerprint density at radius 2 is 1.65 bits per heavy atom. The molecular formula is C19H17N3O3S. The van der Waals surface area contributed by atoms with E-state index in [-0.39, 0.29) is 25.0 Å². The summed E-state index contributed by atoms with van der Waals surface area (Å²) in [6.45, 7) is 0.412. The van der Waals surface area contributed by atoms with Crippen molar-refractivity contribution in [2.75, 3.05) is 13.2 Å². The molecular weight excluding hydrogens is 350 g/mol. The summed E-state index contributed by atoms with van der Waals surface area (Å²) in [6.07, 6.45) is 0. The Hall–Kier alpha value is -3.03. The Labute approximate surface area is 154 Å². The molecule has 0 saturated heterocycles. The van der Waals surface area contributed by atoms with Gasteiger partial charge in [-0.1, -0.05) is 48.5 Å². The van der Waals surface area contributed by atoms with Crippen molar-refractivity contribution in [3.05, 3.63) is 76.6 Å². The van der Waals surface area contributed by atoms with Gasteiger partial charge in [0.15, 0.2) is 5.01 Å². The van der Waals surface area contributed by atoms with Crippen molar-refractivity contribution in [3.63, 3.8) is 0 Å². The average molecular weight is 367 g/mol. The Balaban J connectivity index is 1.41. The Kier molecular flexibility index (Phi) is 6.08. The first kappa shape index (κ1) is 17.8. The molecule has 0 aliphatic rings. The standard InChI is InChI=1S/C19H17N3O3S/c23-17(15-9-5-2-6-10-15)22-25-12-11-20-18(24)19-21-16(13-26-19)14-7-3-1-4-8-14/h1-10,13H,11-12H2,(H,20,24)(H,22,23). The van der Waals surface area contributed by atoms with Gasteiger partial charge in [0.25, 0.3) is 11.8 Å². The van der Waals surface area contributed by atoms with Crippen molar-refractivity contribution >= 4 is 23.2 Å². The van der Waals surface area contributed by atoms with E-state index in [0.717, 1.165) is 11.3 Å². The molecule has 2 N–H and O–H groups in total. The minimum atomic E-state index is -0.329. The van der Waals surface area contributed by atoms with Crippen LogP contribution in [0.5, 0.6) is 0 Å². The normalized spacial score (nSPS) is 10.3. The molecule has 3 aromatic rings. The number of amides is 2. The summed E-state index contributed by atoms with van der Waals surface area (Å²) in [4.78, 5) is 33.3. The van der Waals surface area contributed by atoms with E-state index < -0.39 is 0 Å². The van der Waals surface area contributed by atoms with Gasteiger partial charge in [0.05, 0.1) is 12.3 Å². The summed E-state index contributed by atoms with van der Waals surface area (Å²) in [6, 6.07) is 18.4. The zero-order valence-electron chi connectivity index (χ0n) is 13.8. The molecule has 2 aromatic carbocycles. The number of benzene rings is 2. The topological polar surface area (TPSA) is 80.3 Å². The number of hydrogen-bond acceptors (Lipinski definition) is 5. The number of hydroxylamine groups is 1. The highest BCUT2D eigenvalue weighted by molar-refractivity contribution is 7.12. The predicted octanol–water partition coefficient (Wildman–Crippen LogP) is 2.90. The molecule has 7 heteroatoms. The third-order valence-electron chi connectivity index (χ3n) is 3.46. The molecule has 6 nitrogen and oxygen atoms in total. The molecule has 2 amide bonds. The number of aromatic nitrogens is 1. The van der Waals surface area contributed by atoms with Crippen molar-refractivity contribution < 1.29 is 14.4 Å². The van der Waals surface area contributed by atoms with E-state index in [4.69, 9.17) is 4.84 Å². The quantitative estimate of drug-likeness (QED) is 0.497. The molecule has 3 rings (SSSR count). The van der Waals surface area contributed by atoms with Gasteiger partial charge >= 0.3 is 0 Å². The van der Waals surface area contributed by atoms with Crippen LogP contribution in [0.15, 0.2) is 66.0 Å². The van der Waals surface area contributed by atoms with Gasteiger partial charge < -0.3 is 5.32 Å². The smallest absolute Gasteiger partial charge is 0.280 e. The lowest BCUT2D eigenvalue weighted by Crippen LogP contribution is -2.31. The summed E-state index contributed by atoms with van der Waals surface area (Å²) in [5, 5.41) is 4.94. The zero-order chi connectivity index (χ0) is 18.2. The third-order valence-corrected chi connectivity index (χ3v) is 4.30. The molecule has 1 heterocycles. The number of nitrogens with zero attached hydrogens (tertiary/aromatic N) is 1. The van der Waals surface area contributed by atoms with Crippen LogP contribution in [-0.4, -0.2) is 29.9 Å². The van der Waals surface area contributed by atoms with E-state index in [1.54, 1.807) is 24.3 Å². The lowest BCUT2D eigenvalue weighted by molar-refractivity contribution is 0.0323. The molecule has 132 valence electrons. The molecule has 0 radical (unpaired) electrons. The van der Waals surface area contributed by atoms with Crippen molar-refractivity contribution in [1.29, 1.82) is 0 Å². The van der Waals surface area contributed by atoms with Crippen LogP contribution in [0.1, 0.15) is 20.2 Å². The zero-order valence-corrected chi connectivity index (χ0v) is 14.7. The number of carbonyl (C=O) groups excluding carboxylic acids is 2. The minimum absolute atomic E-state index is 0.154. The van der Waals surface area contributed by atoms with E-state index in [1.165, 1.54) is 11.3 Å². The van der Waals surface area contributed by atoms with Gasteiger partial charge in [0, 0.05) is 23.1 Å². The van der Waals surface area contributed by atoms with Crippen LogP contribution in [0.2, 0.25) is 0 Å². The maximum Gasteiger partial charge on any atom is 0.280 e. The number of hydrogen-bond donors (Lipinski definition) is 2. The maximum absolute atomic E-state index is 12.1. The highest BCUT2D eigenvalue weighted by atomic mass is 32.1. The van der Waals surface area contributed by atoms with Crippen molar-refractivity contribution in [3.8, 4) is 11.3 Å². The second kappa shape index (κ2) is 8.89. The van der Waals surface area contributed by atoms with Crippen LogP contribution >= 0.6 is 11.3 Å². The van der Waals surface area contributed by atoms with Crippen LogP contribution in [-0.2, 0) is 4.84 Å². The van der Waals surface area contributed by atoms with Crippen LogP contribution in [0.4, 0.5) is 0 Å². The molecule has 0 spiro atoms. The summed E-state index contributed by atoms with van der Waals surface area (Å²) in [7, 11) is 0. The van der Waals surface area contributed by atoms with E-state index >= 15 is 0 Å². The largest absolute Gasteiger partial charge is 0.348 e. The minimum Gasteiger partial charge on any atom is -0.348 e. The fourth-order valence-electron chi connectivity index (χ4n) is 2.18. The van der Waals surface area contributed by atoms with Gasteiger partial charge in [-0.05, 0) is 12.1 Å². The van der Waals surface area contributed by atoms with Gasteiger partial charge in [-0.2, -0.15) is 0 Å². The Morgan fingerprint density at radius 3 is 2.38 bits per heavy atom. The van der Waals surface area contributed by atoms with E-state index in [1.807, 2.05) is 41.8 Å². The van der Waals surface area contributed by atoms with Crippen LogP contribution in [0.25, 0.3) is 11.3 Å². The molecule has 0 atom stereocenters. The molecule has 0 bridgehead atoms. The number of nitrogens with one attached hydrogen (secondary N) is 2. The summed E-state index contributed by atoms with van der Waals surface area (Å²) in [5.41, 5.74) is 4.58.